The van der Waals surface area contributed by atoms with Gasteiger partial charge >= 0.3 is 0 Å². The van der Waals surface area contributed by atoms with Crippen LogP contribution < -0.4 is 0 Å². The van der Waals surface area contributed by atoms with E-state index in [4.69, 9.17) is 5.26 Å². The van der Waals surface area contributed by atoms with E-state index in [0.717, 1.165) is 10.6 Å². The first-order chi connectivity index (χ1) is 6.42. The molecule has 0 fully saturated rings. The van der Waals surface area contributed by atoms with E-state index in [-0.39, 0.29) is 0 Å². The fourth-order valence-corrected chi connectivity index (χ4v) is 1.82. The van der Waals surface area contributed by atoms with E-state index in [1.807, 2.05) is 5.38 Å². The zero-order valence-corrected chi connectivity index (χ0v) is 7.45. The number of nitriles is 1. The molecule has 0 bridgehead atoms. The molecule has 2 aromatic rings. The molecule has 0 spiro atoms. The van der Waals surface area contributed by atoms with Gasteiger partial charge in [0.25, 0.3) is 0 Å². The van der Waals surface area contributed by atoms with Gasteiger partial charge in [-0.1, -0.05) is 0 Å². The Kier molecular flexibility index (Phi) is 2.02. The monoisotopic (exact) mass is 187 g/mol. The molecule has 13 heavy (non-hydrogen) atoms. The van der Waals surface area contributed by atoms with E-state index in [9.17, 15) is 0 Å². The fourth-order valence-electron chi connectivity index (χ4n) is 1.01. The average molecular weight is 187 g/mol. The van der Waals surface area contributed by atoms with E-state index in [1.54, 1.807) is 24.7 Å². The van der Waals surface area contributed by atoms with Crippen LogP contribution in [0.5, 0.6) is 0 Å². The maximum atomic E-state index is 8.78. The zero-order chi connectivity index (χ0) is 9.10. The Labute approximate surface area is 79.3 Å². The molecule has 0 aliphatic carbocycles. The molecule has 2 aromatic heterocycles. The van der Waals surface area contributed by atoms with E-state index in [1.165, 1.54) is 11.3 Å². The predicted octanol–water partition coefficient (Wildman–Crippen LogP) is 2.08. The molecule has 0 radical (unpaired) electrons. The van der Waals surface area contributed by atoms with Crippen molar-refractivity contribution in [1.29, 1.82) is 5.26 Å². The molecule has 4 heteroatoms. The molecule has 0 amide bonds. The Morgan fingerprint density at radius 2 is 2.31 bits per heavy atom. The van der Waals surface area contributed by atoms with Gasteiger partial charge < -0.3 is 0 Å². The number of aromatic nitrogens is 2. The average Bonchev–Trinajstić information content (AvgIpc) is 2.67. The van der Waals surface area contributed by atoms with Crippen molar-refractivity contribution in [2.45, 2.75) is 0 Å². The number of rotatable bonds is 1. The molecule has 0 aliphatic rings. The van der Waals surface area contributed by atoms with Crippen molar-refractivity contribution in [3.63, 3.8) is 0 Å². The van der Waals surface area contributed by atoms with Crippen molar-refractivity contribution >= 4 is 11.3 Å². The Morgan fingerprint density at radius 1 is 1.38 bits per heavy atom. The summed E-state index contributed by atoms with van der Waals surface area (Å²) in [5.41, 5.74) is 1.42. The highest BCUT2D eigenvalue weighted by Gasteiger charge is 2.06. The van der Waals surface area contributed by atoms with Gasteiger partial charge in [0.15, 0.2) is 0 Å². The second kappa shape index (κ2) is 3.33. The Hall–Kier alpha value is -1.73. The highest BCUT2D eigenvalue weighted by atomic mass is 32.1. The standard InChI is InChI=1S/C9H5N3S/c10-5-7-1-4-13-9(7)8-6-11-2-3-12-8/h1-4,6H. The number of hydrogen-bond acceptors (Lipinski definition) is 4. The Bertz CT molecular complexity index is 441. The lowest BCUT2D eigenvalue weighted by atomic mass is 10.2. The topological polar surface area (TPSA) is 49.6 Å². The maximum Gasteiger partial charge on any atom is 0.101 e. The zero-order valence-electron chi connectivity index (χ0n) is 6.64. The summed E-state index contributed by atoms with van der Waals surface area (Å²) < 4.78 is 0. The summed E-state index contributed by atoms with van der Waals surface area (Å²) in [5.74, 6) is 0. The van der Waals surface area contributed by atoms with Crippen LogP contribution >= 0.6 is 11.3 Å². The summed E-state index contributed by atoms with van der Waals surface area (Å²) in [6.07, 6.45) is 4.89. The molecule has 62 valence electrons. The highest BCUT2D eigenvalue weighted by molar-refractivity contribution is 7.13. The van der Waals surface area contributed by atoms with Gasteiger partial charge in [0.1, 0.15) is 6.07 Å². The van der Waals surface area contributed by atoms with Crippen LogP contribution in [0.3, 0.4) is 0 Å². The van der Waals surface area contributed by atoms with Gasteiger partial charge in [-0.05, 0) is 11.4 Å². The molecule has 0 N–H and O–H groups in total. The Balaban J connectivity index is 2.54. The van der Waals surface area contributed by atoms with Crippen LogP contribution in [0.25, 0.3) is 10.6 Å². The van der Waals surface area contributed by atoms with E-state index < -0.39 is 0 Å². The van der Waals surface area contributed by atoms with Crippen LogP contribution in [0.4, 0.5) is 0 Å². The highest BCUT2D eigenvalue weighted by Crippen LogP contribution is 2.26. The summed E-state index contributed by atoms with van der Waals surface area (Å²) in [4.78, 5) is 8.96. The molecule has 0 saturated carbocycles. The van der Waals surface area contributed by atoms with Crippen LogP contribution in [-0.4, -0.2) is 9.97 Å². The van der Waals surface area contributed by atoms with Crippen molar-refractivity contribution in [3.8, 4) is 16.6 Å². The molecule has 0 aromatic carbocycles. The minimum atomic E-state index is 0.658. The van der Waals surface area contributed by atoms with Gasteiger partial charge in [0.2, 0.25) is 0 Å². The molecule has 0 saturated heterocycles. The van der Waals surface area contributed by atoms with Gasteiger partial charge in [0, 0.05) is 12.4 Å². The number of nitrogens with zero attached hydrogens (tertiary/aromatic N) is 3. The fraction of sp³-hybridized carbons (Fsp3) is 0. The third-order valence-electron chi connectivity index (χ3n) is 1.58. The van der Waals surface area contributed by atoms with Gasteiger partial charge in [-0.25, -0.2) is 0 Å². The quantitative estimate of drug-likeness (QED) is 0.686. The molecule has 2 heterocycles. The molecular weight excluding hydrogens is 182 g/mol. The second-order valence-corrected chi connectivity index (χ2v) is 3.28. The van der Waals surface area contributed by atoms with E-state index in [2.05, 4.69) is 16.0 Å². The van der Waals surface area contributed by atoms with Crippen molar-refractivity contribution in [2.75, 3.05) is 0 Å². The lowest BCUT2D eigenvalue weighted by Crippen LogP contribution is -1.82. The van der Waals surface area contributed by atoms with Gasteiger partial charge in [-0.3, -0.25) is 9.97 Å². The van der Waals surface area contributed by atoms with Gasteiger partial charge in [0.05, 0.1) is 22.3 Å². The summed E-state index contributed by atoms with van der Waals surface area (Å²) in [5, 5.41) is 10.7. The van der Waals surface area contributed by atoms with Crippen LogP contribution in [0.1, 0.15) is 5.56 Å². The largest absolute Gasteiger partial charge is 0.261 e. The SMILES string of the molecule is N#Cc1ccsc1-c1cnccn1. The first-order valence-electron chi connectivity index (χ1n) is 3.66. The smallest absolute Gasteiger partial charge is 0.101 e. The first kappa shape index (κ1) is 7.90. The molecule has 0 atom stereocenters. The predicted molar refractivity (Wildman–Crippen MR) is 50.1 cm³/mol. The normalized spacial score (nSPS) is 9.46. The van der Waals surface area contributed by atoms with Crippen molar-refractivity contribution < 1.29 is 0 Å². The summed E-state index contributed by atoms with van der Waals surface area (Å²) in [6, 6.07) is 3.90. The van der Waals surface area contributed by atoms with Crippen LogP contribution in [0.2, 0.25) is 0 Å². The van der Waals surface area contributed by atoms with Crippen LogP contribution in [0.15, 0.2) is 30.0 Å². The number of hydrogen-bond donors (Lipinski definition) is 0. The lowest BCUT2D eigenvalue weighted by molar-refractivity contribution is 1.21. The van der Waals surface area contributed by atoms with E-state index >= 15 is 0 Å². The number of thiophene rings is 1. The minimum Gasteiger partial charge on any atom is -0.261 e. The van der Waals surface area contributed by atoms with Crippen LogP contribution in [-0.2, 0) is 0 Å². The third kappa shape index (κ3) is 1.42. The molecule has 0 unspecified atom stereocenters. The molecule has 3 nitrogen and oxygen atoms in total. The molecule has 2 rings (SSSR count). The maximum absolute atomic E-state index is 8.78. The van der Waals surface area contributed by atoms with Crippen molar-refractivity contribution in [1.82, 2.24) is 9.97 Å². The van der Waals surface area contributed by atoms with Crippen LogP contribution in [0, 0.1) is 11.3 Å². The lowest BCUT2D eigenvalue weighted by Gasteiger charge is -1.94. The summed E-state index contributed by atoms with van der Waals surface area (Å²) in [7, 11) is 0. The molecular formula is C9H5N3S. The van der Waals surface area contributed by atoms with Gasteiger partial charge in [-0.15, -0.1) is 11.3 Å². The minimum absolute atomic E-state index is 0.658. The van der Waals surface area contributed by atoms with Crippen molar-refractivity contribution in [3.05, 3.63) is 35.6 Å². The third-order valence-corrected chi connectivity index (χ3v) is 2.52. The first-order valence-corrected chi connectivity index (χ1v) is 4.54. The van der Waals surface area contributed by atoms with E-state index in [0.29, 0.717) is 5.56 Å². The Morgan fingerprint density at radius 3 is 3.00 bits per heavy atom. The summed E-state index contributed by atoms with van der Waals surface area (Å²) >= 11 is 1.50. The second-order valence-electron chi connectivity index (χ2n) is 2.37. The summed E-state index contributed by atoms with van der Waals surface area (Å²) in [6.45, 7) is 0. The molecule has 0 aliphatic heterocycles. The van der Waals surface area contributed by atoms with Crippen molar-refractivity contribution in [2.24, 2.45) is 0 Å². The van der Waals surface area contributed by atoms with Gasteiger partial charge in [-0.2, -0.15) is 5.26 Å².